The predicted molar refractivity (Wildman–Crippen MR) is 116 cm³/mol. The topological polar surface area (TPSA) is 69.4 Å². The molecule has 0 saturated heterocycles. The molecule has 150 valence electrons. The SMILES string of the molecule is CCC(CNC(=NC)NCc1cc(C#N)ccc1F)Oc1cccc(F)c1.I. The van der Waals surface area contributed by atoms with Crippen molar-refractivity contribution in [2.75, 3.05) is 13.6 Å². The number of guanidine groups is 1. The first kappa shape index (κ1) is 23.6. The second-order valence-electron chi connectivity index (χ2n) is 5.83. The van der Waals surface area contributed by atoms with Crippen LogP contribution in [0.15, 0.2) is 47.5 Å². The molecule has 0 amide bonds. The molecule has 0 saturated carbocycles. The fraction of sp³-hybridized carbons (Fsp3) is 0.300. The molecule has 0 spiro atoms. The summed E-state index contributed by atoms with van der Waals surface area (Å²) in [4.78, 5) is 4.09. The number of benzene rings is 2. The van der Waals surface area contributed by atoms with Gasteiger partial charge in [0.05, 0.1) is 18.2 Å². The van der Waals surface area contributed by atoms with E-state index in [0.717, 1.165) is 0 Å². The molecule has 0 heterocycles. The summed E-state index contributed by atoms with van der Waals surface area (Å²) in [5, 5.41) is 15.0. The number of ether oxygens (including phenoxy) is 1. The van der Waals surface area contributed by atoms with Crippen molar-refractivity contribution in [3.05, 3.63) is 65.2 Å². The predicted octanol–water partition coefficient (Wildman–Crippen LogP) is 3.98. The van der Waals surface area contributed by atoms with Crippen LogP contribution in [0.3, 0.4) is 0 Å². The number of rotatable bonds is 7. The highest BCUT2D eigenvalue weighted by atomic mass is 127. The molecule has 8 heteroatoms. The molecule has 1 atom stereocenters. The smallest absolute Gasteiger partial charge is 0.191 e. The van der Waals surface area contributed by atoms with Gasteiger partial charge in [0.15, 0.2) is 5.96 Å². The van der Waals surface area contributed by atoms with E-state index in [1.165, 1.54) is 30.3 Å². The van der Waals surface area contributed by atoms with Crippen LogP contribution in [0.1, 0.15) is 24.5 Å². The highest BCUT2D eigenvalue weighted by Gasteiger charge is 2.11. The van der Waals surface area contributed by atoms with E-state index in [9.17, 15) is 8.78 Å². The Morgan fingerprint density at radius 2 is 2.00 bits per heavy atom. The van der Waals surface area contributed by atoms with Gasteiger partial charge in [0.25, 0.3) is 0 Å². The lowest BCUT2D eigenvalue weighted by molar-refractivity contribution is 0.198. The van der Waals surface area contributed by atoms with Crippen molar-refractivity contribution in [2.45, 2.75) is 26.0 Å². The minimum atomic E-state index is -0.391. The first-order valence-electron chi connectivity index (χ1n) is 8.61. The molecular weight excluding hydrogens is 477 g/mol. The normalized spacial score (nSPS) is 11.8. The number of nitrogens with zero attached hydrogens (tertiary/aromatic N) is 2. The van der Waals surface area contributed by atoms with E-state index in [4.69, 9.17) is 10.00 Å². The molecule has 2 aromatic carbocycles. The third-order valence-electron chi connectivity index (χ3n) is 3.90. The number of hydrogen-bond donors (Lipinski definition) is 2. The van der Waals surface area contributed by atoms with Gasteiger partial charge in [0.1, 0.15) is 23.5 Å². The molecule has 0 bridgehead atoms. The zero-order chi connectivity index (χ0) is 19.6. The maximum Gasteiger partial charge on any atom is 0.191 e. The van der Waals surface area contributed by atoms with E-state index in [2.05, 4.69) is 15.6 Å². The van der Waals surface area contributed by atoms with Gasteiger partial charge < -0.3 is 15.4 Å². The van der Waals surface area contributed by atoms with Crippen LogP contribution in [0, 0.1) is 23.0 Å². The first-order chi connectivity index (χ1) is 13.0. The van der Waals surface area contributed by atoms with Gasteiger partial charge in [-0.05, 0) is 36.8 Å². The van der Waals surface area contributed by atoms with Crippen molar-refractivity contribution in [2.24, 2.45) is 4.99 Å². The molecule has 0 aliphatic carbocycles. The van der Waals surface area contributed by atoms with Crippen molar-refractivity contribution in [3.63, 3.8) is 0 Å². The van der Waals surface area contributed by atoms with Gasteiger partial charge in [-0.2, -0.15) is 5.26 Å². The second-order valence-corrected chi connectivity index (χ2v) is 5.83. The number of halogens is 3. The highest BCUT2D eigenvalue weighted by molar-refractivity contribution is 14.0. The number of aliphatic imine (C=N–C) groups is 1. The van der Waals surface area contributed by atoms with Gasteiger partial charge in [0.2, 0.25) is 0 Å². The minimum absolute atomic E-state index is 0. The van der Waals surface area contributed by atoms with Crippen molar-refractivity contribution < 1.29 is 13.5 Å². The summed E-state index contributed by atoms with van der Waals surface area (Å²) in [6.07, 6.45) is 0.517. The van der Waals surface area contributed by atoms with Crippen molar-refractivity contribution in [3.8, 4) is 11.8 Å². The van der Waals surface area contributed by atoms with E-state index < -0.39 is 5.82 Å². The third kappa shape index (κ3) is 7.31. The first-order valence-corrected chi connectivity index (χ1v) is 8.61. The number of nitriles is 1. The second kappa shape index (κ2) is 12.1. The molecule has 0 fully saturated rings. The molecule has 1 unspecified atom stereocenters. The Morgan fingerprint density at radius 3 is 2.64 bits per heavy atom. The molecule has 0 aliphatic rings. The van der Waals surface area contributed by atoms with Gasteiger partial charge >= 0.3 is 0 Å². The van der Waals surface area contributed by atoms with E-state index in [0.29, 0.717) is 35.8 Å². The Kier molecular flexibility index (Phi) is 10.2. The fourth-order valence-electron chi connectivity index (χ4n) is 2.39. The molecule has 28 heavy (non-hydrogen) atoms. The average Bonchev–Trinajstić information content (AvgIpc) is 2.68. The lowest BCUT2D eigenvalue weighted by Gasteiger charge is -2.20. The molecule has 2 N–H and O–H groups in total. The Balaban J connectivity index is 0.00000392. The van der Waals surface area contributed by atoms with Crippen molar-refractivity contribution >= 4 is 29.9 Å². The monoisotopic (exact) mass is 500 g/mol. The zero-order valence-electron chi connectivity index (χ0n) is 15.7. The van der Waals surface area contributed by atoms with E-state index >= 15 is 0 Å². The maximum absolute atomic E-state index is 13.8. The van der Waals surface area contributed by atoms with Crippen LogP contribution in [0.5, 0.6) is 5.75 Å². The van der Waals surface area contributed by atoms with E-state index in [1.807, 2.05) is 13.0 Å². The molecule has 5 nitrogen and oxygen atoms in total. The number of nitrogens with one attached hydrogen (secondary N) is 2. The molecule has 2 rings (SSSR count). The average molecular weight is 500 g/mol. The Bertz CT molecular complexity index is 839. The molecule has 0 radical (unpaired) electrons. The van der Waals surface area contributed by atoms with Crippen LogP contribution >= 0.6 is 24.0 Å². The number of hydrogen-bond acceptors (Lipinski definition) is 3. The van der Waals surface area contributed by atoms with Crippen LogP contribution in [0.25, 0.3) is 0 Å². The van der Waals surface area contributed by atoms with Gasteiger partial charge in [0, 0.05) is 25.2 Å². The largest absolute Gasteiger partial charge is 0.489 e. The zero-order valence-corrected chi connectivity index (χ0v) is 18.0. The summed E-state index contributed by atoms with van der Waals surface area (Å²) >= 11 is 0. The fourth-order valence-corrected chi connectivity index (χ4v) is 2.39. The van der Waals surface area contributed by atoms with Crippen LogP contribution < -0.4 is 15.4 Å². The minimum Gasteiger partial charge on any atom is -0.489 e. The van der Waals surface area contributed by atoms with E-state index in [-0.39, 0.29) is 42.4 Å². The molecule has 2 aromatic rings. The standard InChI is InChI=1S/C20H22F2N4O.HI/c1-3-17(27-18-6-4-5-16(21)10-18)13-26-20(24-2)25-12-15-9-14(11-23)7-8-19(15)22;/h4-10,17H,3,12-13H2,1-2H3,(H2,24,25,26);1H. The Labute approximate surface area is 180 Å². The Morgan fingerprint density at radius 1 is 1.21 bits per heavy atom. The van der Waals surface area contributed by atoms with Gasteiger partial charge in [-0.15, -0.1) is 24.0 Å². The summed E-state index contributed by atoms with van der Waals surface area (Å²) in [5.41, 5.74) is 0.769. The molecule has 0 aromatic heterocycles. The molecule has 0 aliphatic heterocycles. The van der Waals surface area contributed by atoms with Crippen LogP contribution in [-0.2, 0) is 6.54 Å². The lowest BCUT2D eigenvalue weighted by Crippen LogP contribution is -2.42. The summed E-state index contributed by atoms with van der Waals surface area (Å²) < 4.78 is 32.9. The summed E-state index contributed by atoms with van der Waals surface area (Å²) in [6, 6.07) is 12.2. The summed E-state index contributed by atoms with van der Waals surface area (Å²) in [7, 11) is 1.60. The molecular formula is C20H23F2IN4O. The van der Waals surface area contributed by atoms with Crippen LogP contribution in [0.2, 0.25) is 0 Å². The van der Waals surface area contributed by atoms with Crippen molar-refractivity contribution in [1.82, 2.24) is 10.6 Å². The Hall–Kier alpha value is -2.41. The van der Waals surface area contributed by atoms with Gasteiger partial charge in [-0.25, -0.2) is 8.78 Å². The van der Waals surface area contributed by atoms with Gasteiger partial charge in [-0.3, -0.25) is 4.99 Å². The summed E-state index contributed by atoms with van der Waals surface area (Å²) in [5.74, 6) is 0.187. The third-order valence-corrected chi connectivity index (χ3v) is 3.90. The van der Waals surface area contributed by atoms with Crippen molar-refractivity contribution in [1.29, 1.82) is 5.26 Å². The quantitative estimate of drug-likeness (QED) is 0.343. The summed E-state index contributed by atoms with van der Waals surface area (Å²) in [6.45, 7) is 2.58. The van der Waals surface area contributed by atoms with Crippen LogP contribution in [0.4, 0.5) is 8.78 Å². The van der Waals surface area contributed by atoms with E-state index in [1.54, 1.807) is 19.2 Å². The highest BCUT2D eigenvalue weighted by Crippen LogP contribution is 2.15. The maximum atomic E-state index is 13.8. The van der Waals surface area contributed by atoms with Crippen LogP contribution in [-0.4, -0.2) is 25.7 Å². The van der Waals surface area contributed by atoms with Gasteiger partial charge in [-0.1, -0.05) is 13.0 Å². The lowest BCUT2D eigenvalue weighted by atomic mass is 10.1.